The maximum Gasteiger partial charge on any atom is 0.159 e. The predicted molar refractivity (Wildman–Crippen MR) is 152 cm³/mol. The standard InChI is InChI=1S/C19H21FNOP.C10H14.CH4O/c1-13(22)15-10-18(20)17(19(23)11-15)12-16(21-2)9-8-14-6-4-3-5-7-14;1-4-9-6-5-7-10(9)8(2)3;1-2/h3-7,10-11H,8-9,12,23H2,1-2H3;5-7,9H,2,4H2,1,3H3;2H,1H3. The summed E-state index contributed by atoms with van der Waals surface area (Å²) >= 11 is 0. The molecule has 5 heteroatoms. The highest BCUT2D eigenvalue weighted by molar-refractivity contribution is 7.27. The third-order valence-corrected chi connectivity index (χ3v) is 6.35. The fourth-order valence-corrected chi connectivity index (χ4v) is 4.22. The summed E-state index contributed by atoms with van der Waals surface area (Å²) in [6.07, 6.45) is 9.85. The van der Waals surface area contributed by atoms with Gasteiger partial charge < -0.3 is 5.11 Å². The zero-order valence-electron chi connectivity index (χ0n) is 21.6. The number of aryl methyl sites for hydroxylation is 1. The van der Waals surface area contributed by atoms with Gasteiger partial charge in [0.05, 0.1) is 0 Å². The quantitative estimate of drug-likeness (QED) is 0.259. The summed E-state index contributed by atoms with van der Waals surface area (Å²) in [5.74, 6) is 0.161. The highest BCUT2D eigenvalue weighted by atomic mass is 31.0. The number of allylic oxidation sites excluding steroid dienone is 5. The molecule has 0 spiro atoms. The van der Waals surface area contributed by atoms with Crippen molar-refractivity contribution in [2.75, 3.05) is 14.2 Å². The van der Waals surface area contributed by atoms with Crippen LogP contribution in [0.3, 0.4) is 0 Å². The topological polar surface area (TPSA) is 49.7 Å². The Morgan fingerprint density at radius 2 is 1.83 bits per heavy atom. The lowest BCUT2D eigenvalue weighted by Crippen LogP contribution is -2.15. The molecule has 0 aromatic heterocycles. The second kappa shape index (κ2) is 16.1. The third-order valence-electron chi connectivity index (χ3n) is 5.83. The number of hydrogen-bond acceptors (Lipinski definition) is 3. The smallest absolute Gasteiger partial charge is 0.159 e. The molecule has 3 nitrogen and oxygen atoms in total. The van der Waals surface area contributed by atoms with Crippen molar-refractivity contribution in [3.05, 3.63) is 101 Å². The van der Waals surface area contributed by atoms with E-state index in [4.69, 9.17) is 5.11 Å². The van der Waals surface area contributed by atoms with Crippen LogP contribution in [0, 0.1) is 11.7 Å². The number of carbonyl (C=O) groups is 1. The van der Waals surface area contributed by atoms with Crippen LogP contribution >= 0.6 is 9.24 Å². The van der Waals surface area contributed by atoms with Gasteiger partial charge in [0, 0.05) is 43.3 Å². The lowest BCUT2D eigenvalue weighted by Gasteiger charge is -2.11. The number of aliphatic imine (C=N–C) groups is 1. The number of aliphatic hydroxyl groups excluding tert-OH is 1. The van der Waals surface area contributed by atoms with Gasteiger partial charge in [-0.25, -0.2) is 4.39 Å². The zero-order valence-corrected chi connectivity index (χ0v) is 22.8. The first-order chi connectivity index (χ1) is 16.8. The lowest BCUT2D eigenvalue weighted by molar-refractivity contribution is 0.101. The summed E-state index contributed by atoms with van der Waals surface area (Å²) in [4.78, 5) is 15.7. The normalized spacial score (nSPS) is 14.3. The maximum absolute atomic E-state index is 14.3. The molecule has 2 aromatic carbocycles. The van der Waals surface area contributed by atoms with Gasteiger partial charge >= 0.3 is 0 Å². The van der Waals surface area contributed by atoms with E-state index < -0.39 is 0 Å². The minimum atomic E-state index is -0.344. The summed E-state index contributed by atoms with van der Waals surface area (Å²) in [5, 5.41) is 7.72. The summed E-state index contributed by atoms with van der Waals surface area (Å²) in [5.41, 5.74) is 5.79. The Kier molecular flexibility index (Phi) is 13.9. The molecule has 1 N–H and O–H groups in total. The van der Waals surface area contributed by atoms with Crippen LogP contribution in [0.15, 0.2) is 83.4 Å². The van der Waals surface area contributed by atoms with Crippen molar-refractivity contribution in [2.24, 2.45) is 10.9 Å². The Balaban J connectivity index is 0.000000425. The number of Topliss-reactive ketones (excluding diaryl/α,β-unsaturated/α-hetero) is 1. The molecule has 3 rings (SSSR count). The molecule has 0 aliphatic heterocycles. The van der Waals surface area contributed by atoms with Crippen LogP contribution < -0.4 is 5.30 Å². The van der Waals surface area contributed by atoms with E-state index >= 15 is 0 Å². The number of nitrogens with zero attached hydrogens (tertiary/aromatic N) is 1. The molecule has 0 saturated carbocycles. The average molecular weight is 496 g/mol. The van der Waals surface area contributed by atoms with Gasteiger partial charge in [-0.15, -0.1) is 9.24 Å². The van der Waals surface area contributed by atoms with Crippen molar-refractivity contribution in [3.8, 4) is 0 Å². The number of rotatable bonds is 8. The summed E-state index contributed by atoms with van der Waals surface area (Å²) in [6.45, 7) is 9.65. The van der Waals surface area contributed by atoms with Crippen molar-refractivity contribution in [1.82, 2.24) is 0 Å². The fourth-order valence-electron chi connectivity index (χ4n) is 3.80. The molecular formula is C30H39FNO2P. The number of benzene rings is 2. The minimum Gasteiger partial charge on any atom is -0.400 e. The molecule has 0 heterocycles. The number of carbonyl (C=O) groups excluding carboxylic acids is 1. The van der Waals surface area contributed by atoms with E-state index in [2.05, 4.69) is 65.0 Å². The summed E-state index contributed by atoms with van der Waals surface area (Å²) in [6, 6.07) is 13.2. The Labute approximate surface area is 212 Å². The van der Waals surface area contributed by atoms with Crippen LogP contribution in [0.4, 0.5) is 4.39 Å². The molecule has 0 bridgehead atoms. The largest absolute Gasteiger partial charge is 0.400 e. The van der Waals surface area contributed by atoms with Gasteiger partial charge in [-0.1, -0.05) is 67.6 Å². The SMILES string of the molecule is C=C(C)C1=CC=CC1CC.CN=C(CCc1ccccc1)Cc1c(F)cc(C(C)=O)cc1P.CO. The van der Waals surface area contributed by atoms with Gasteiger partial charge in [0.2, 0.25) is 0 Å². The highest BCUT2D eigenvalue weighted by Crippen LogP contribution is 2.27. The molecule has 0 amide bonds. The van der Waals surface area contributed by atoms with E-state index in [1.54, 1.807) is 13.1 Å². The fraction of sp³-hybridized carbons (Fsp3) is 0.333. The van der Waals surface area contributed by atoms with Crippen molar-refractivity contribution in [2.45, 2.75) is 46.5 Å². The molecule has 1 aliphatic rings. The van der Waals surface area contributed by atoms with Crippen molar-refractivity contribution in [1.29, 1.82) is 0 Å². The van der Waals surface area contributed by atoms with Crippen LogP contribution in [0.25, 0.3) is 0 Å². The van der Waals surface area contributed by atoms with E-state index in [9.17, 15) is 9.18 Å². The lowest BCUT2D eigenvalue weighted by atomic mass is 9.95. The first kappa shape index (κ1) is 30.4. The van der Waals surface area contributed by atoms with Crippen molar-refractivity contribution in [3.63, 3.8) is 0 Å². The van der Waals surface area contributed by atoms with Crippen LogP contribution in [0.5, 0.6) is 0 Å². The van der Waals surface area contributed by atoms with Crippen LogP contribution in [0.2, 0.25) is 0 Å². The van der Waals surface area contributed by atoms with Gasteiger partial charge in [0.25, 0.3) is 0 Å². The van der Waals surface area contributed by atoms with Crippen LogP contribution in [-0.2, 0) is 12.8 Å². The molecule has 2 atom stereocenters. The first-order valence-electron chi connectivity index (χ1n) is 11.8. The van der Waals surface area contributed by atoms with E-state index in [1.165, 1.54) is 36.1 Å². The van der Waals surface area contributed by atoms with Gasteiger partial charge in [-0.05, 0) is 61.7 Å². The monoisotopic (exact) mass is 495 g/mol. The van der Waals surface area contributed by atoms with Gasteiger partial charge in [0.15, 0.2) is 5.78 Å². The molecule has 0 saturated heterocycles. The number of ketones is 1. The molecule has 35 heavy (non-hydrogen) atoms. The molecule has 2 unspecified atom stereocenters. The second-order valence-corrected chi connectivity index (χ2v) is 8.96. The average Bonchev–Trinajstić information content (AvgIpc) is 3.35. The van der Waals surface area contributed by atoms with E-state index in [-0.39, 0.29) is 11.6 Å². The number of aliphatic hydroxyl groups is 1. The third kappa shape index (κ3) is 9.84. The van der Waals surface area contributed by atoms with E-state index in [1.807, 2.05) is 18.2 Å². The van der Waals surface area contributed by atoms with Gasteiger partial charge in [-0.3, -0.25) is 9.79 Å². The predicted octanol–water partition coefficient (Wildman–Crippen LogP) is 6.47. The second-order valence-electron chi connectivity index (χ2n) is 8.34. The van der Waals surface area contributed by atoms with Crippen molar-refractivity contribution < 1.29 is 14.3 Å². The van der Waals surface area contributed by atoms with Crippen LogP contribution in [0.1, 0.15) is 55.1 Å². The Bertz CT molecular complexity index is 1050. The van der Waals surface area contributed by atoms with Crippen LogP contribution in [-0.4, -0.2) is 30.8 Å². The summed E-state index contributed by atoms with van der Waals surface area (Å²) < 4.78 is 14.3. The summed E-state index contributed by atoms with van der Waals surface area (Å²) in [7, 11) is 5.26. The zero-order chi connectivity index (χ0) is 26.4. The van der Waals surface area contributed by atoms with E-state index in [0.717, 1.165) is 31.0 Å². The first-order valence-corrected chi connectivity index (χ1v) is 12.4. The van der Waals surface area contributed by atoms with Gasteiger partial charge in [0.1, 0.15) is 5.82 Å². The Morgan fingerprint density at radius 3 is 2.31 bits per heavy atom. The highest BCUT2D eigenvalue weighted by Gasteiger charge is 2.13. The molecule has 0 radical (unpaired) electrons. The molecular weight excluding hydrogens is 456 g/mol. The maximum atomic E-state index is 14.3. The van der Waals surface area contributed by atoms with Gasteiger partial charge in [-0.2, -0.15) is 0 Å². The molecule has 1 aliphatic carbocycles. The molecule has 2 aromatic rings. The van der Waals surface area contributed by atoms with E-state index in [0.29, 0.717) is 23.5 Å². The van der Waals surface area contributed by atoms with Crippen molar-refractivity contribution >= 4 is 26.0 Å². The minimum absolute atomic E-state index is 0.132. The molecule has 0 fully saturated rings. The Hall–Kier alpha value is -2.68. The Morgan fingerprint density at radius 1 is 1.17 bits per heavy atom. The molecule has 188 valence electrons. The number of hydrogen-bond donors (Lipinski definition) is 1. The number of halogens is 1.